The Morgan fingerprint density at radius 3 is 0.789 bits per heavy atom. The predicted molar refractivity (Wildman–Crippen MR) is 81.3 cm³/mol. The third-order valence-electron chi connectivity index (χ3n) is 4.15. The van der Waals surface area contributed by atoms with E-state index >= 15 is 0 Å². The van der Waals surface area contributed by atoms with Crippen LogP contribution in [0, 0.1) is 29.6 Å². The van der Waals surface area contributed by atoms with E-state index in [1.165, 1.54) is 55.3 Å². The van der Waals surface area contributed by atoms with Crippen LogP contribution < -0.4 is 0 Å². The molecule has 0 atom stereocenters. The molecule has 1 heteroatoms. The van der Waals surface area contributed by atoms with Gasteiger partial charge in [-0.05, 0) is 55.3 Å². The van der Waals surface area contributed by atoms with Crippen LogP contribution in [0.1, 0.15) is 60.3 Å². The first-order valence-electron chi connectivity index (χ1n) is 7.05. The van der Waals surface area contributed by atoms with Gasteiger partial charge in [0, 0.05) is 16.8 Å². The van der Waals surface area contributed by atoms with Gasteiger partial charge in [-0.2, -0.15) is 0 Å². The Balaban J connectivity index is 0.000000331. The molecule has 0 aromatic heterocycles. The molecule has 6 radical (unpaired) electrons. The van der Waals surface area contributed by atoms with Crippen LogP contribution in [0.3, 0.4) is 0 Å². The molecular formula is C18H27Co. The summed E-state index contributed by atoms with van der Waals surface area (Å²) in [7, 11) is 0. The fourth-order valence-electron chi connectivity index (χ4n) is 2.26. The summed E-state index contributed by atoms with van der Waals surface area (Å²) in [6.45, 7) is 11.0. The summed E-state index contributed by atoms with van der Waals surface area (Å²) in [6.07, 6.45) is 14.0. The van der Waals surface area contributed by atoms with Gasteiger partial charge in [-0.3, -0.25) is 0 Å². The van der Waals surface area contributed by atoms with E-state index in [0.717, 1.165) is 0 Å². The second-order valence-corrected chi connectivity index (χ2v) is 5.22. The molecule has 2 rings (SSSR count). The van der Waals surface area contributed by atoms with Crippen molar-refractivity contribution in [3.63, 3.8) is 0 Å². The maximum absolute atomic E-state index is 2.27. The number of hydrogen-bond acceptors (Lipinski definition) is 0. The van der Waals surface area contributed by atoms with Gasteiger partial charge in [0.05, 0.1) is 0 Å². The molecule has 0 bridgehead atoms. The number of allylic oxidation sites excluding steroid dienone is 4. The minimum Gasteiger partial charge on any atom is -0.0882 e. The minimum atomic E-state index is 0. The molecule has 108 valence electrons. The van der Waals surface area contributed by atoms with E-state index in [1.54, 1.807) is 0 Å². The zero-order valence-electron chi connectivity index (χ0n) is 13.0. The van der Waals surface area contributed by atoms with Gasteiger partial charge in [0.15, 0.2) is 0 Å². The SMILES string of the molecule is C1=C\CC/C=C\CC/1.C[C]1[C](C)[C](C)[C](C)[C]1C.[Co]. The summed E-state index contributed by atoms with van der Waals surface area (Å²) in [5.74, 6) is 7.34. The average Bonchev–Trinajstić information content (AvgIpc) is 2.48. The molecule has 0 amide bonds. The number of hydrogen-bond donors (Lipinski definition) is 0. The van der Waals surface area contributed by atoms with E-state index in [0.29, 0.717) is 0 Å². The molecule has 0 aromatic carbocycles. The van der Waals surface area contributed by atoms with Crippen molar-refractivity contribution in [2.75, 3.05) is 0 Å². The van der Waals surface area contributed by atoms with Crippen molar-refractivity contribution >= 4 is 0 Å². The molecule has 0 unspecified atom stereocenters. The predicted octanol–water partition coefficient (Wildman–Crippen LogP) is 5.64. The van der Waals surface area contributed by atoms with Crippen LogP contribution in [-0.2, 0) is 16.8 Å². The molecule has 1 saturated carbocycles. The Bertz CT molecular complexity index is 209. The summed E-state index contributed by atoms with van der Waals surface area (Å²) >= 11 is 0. The average molecular weight is 302 g/mol. The maximum atomic E-state index is 2.27. The molecule has 0 nitrogen and oxygen atoms in total. The summed E-state index contributed by atoms with van der Waals surface area (Å²) in [5.41, 5.74) is 0. The van der Waals surface area contributed by atoms with Crippen LogP contribution in [0.25, 0.3) is 0 Å². The van der Waals surface area contributed by atoms with E-state index in [2.05, 4.69) is 58.9 Å². The Hall–Kier alpha value is -0.0135. The molecule has 0 aliphatic heterocycles. The van der Waals surface area contributed by atoms with Crippen LogP contribution >= 0.6 is 0 Å². The van der Waals surface area contributed by atoms with Gasteiger partial charge >= 0.3 is 0 Å². The fraction of sp³-hybridized carbons (Fsp3) is 0.500. The van der Waals surface area contributed by atoms with Crippen molar-refractivity contribution in [2.45, 2.75) is 60.3 Å². The van der Waals surface area contributed by atoms with Crippen LogP contribution in [0.15, 0.2) is 24.3 Å². The minimum absolute atomic E-state index is 0. The first-order valence-corrected chi connectivity index (χ1v) is 7.05. The first kappa shape index (κ1) is 19.0. The van der Waals surface area contributed by atoms with Crippen LogP contribution in [-0.4, -0.2) is 0 Å². The normalized spacial score (nSPS) is 26.8. The van der Waals surface area contributed by atoms with Gasteiger partial charge in [0.1, 0.15) is 0 Å². The Kier molecular flexibility index (Phi) is 9.82. The quantitative estimate of drug-likeness (QED) is 0.508. The maximum Gasteiger partial charge on any atom is 0 e. The van der Waals surface area contributed by atoms with Crippen molar-refractivity contribution in [3.05, 3.63) is 53.9 Å². The summed E-state index contributed by atoms with van der Waals surface area (Å²) < 4.78 is 0. The second-order valence-electron chi connectivity index (χ2n) is 5.22. The summed E-state index contributed by atoms with van der Waals surface area (Å²) in [4.78, 5) is 0. The third kappa shape index (κ3) is 5.87. The molecule has 0 saturated heterocycles. The van der Waals surface area contributed by atoms with Gasteiger partial charge < -0.3 is 0 Å². The van der Waals surface area contributed by atoms with Crippen molar-refractivity contribution in [1.82, 2.24) is 0 Å². The zero-order valence-corrected chi connectivity index (χ0v) is 14.0. The van der Waals surface area contributed by atoms with E-state index in [9.17, 15) is 0 Å². The molecule has 0 spiro atoms. The standard InChI is InChI=1S/C10H15.C8H12.Co/c1-6-7(2)9(4)10(5)8(6)3;1-2-4-6-8-7-5-3-1;/h1-5H3;1-2,7-8H,3-6H2;/b;2-1-,8-7-;. The van der Waals surface area contributed by atoms with Gasteiger partial charge in [-0.15, -0.1) is 0 Å². The van der Waals surface area contributed by atoms with Crippen molar-refractivity contribution in [1.29, 1.82) is 0 Å². The van der Waals surface area contributed by atoms with Crippen LogP contribution in [0.4, 0.5) is 0 Å². The number of rotatable bonds is 0. The monoisotopic (exact) mass is 302 g/mol. The van der Waals surface area contributed by atoms with E-state index in [-0.39, 0.29) is 16.8 Å². The molecule has 19 heavy (non-hydrogen) atoms. The Morgan fingerprint density at radius 1 is 0.474 bits per heavy atom. The molecule has 2 aliphatic rings. The Labute approximate surface area is 131 Å². The molecule has 0 heterocycles. The van der Waals surface area contributed by atoms with Gasteiger partial charge in [-0.25, -0.2) is 0 Å². The second kappa shape index (κ2) is 9.82. The van der Waals surface area contributed by atoms with Crippen LogP contribution in [0.5, 0.6) is 0 Å². The van der Waals surface area contributed by atoms with Crippen molar-refractivity contribution in [3.8, 4) is 0 Å². The van der Waals surface area contributed by atoms with Crippen LogP contribution in [0.2, 0.25) is 0 Å². The molecule has 2 aliphatic carbocycles. The van der Waals surface area contributed by atoms with Crippen molar-refractivity contribution < 1.29 is 16.8 Å². The molecule has 0 N–H and O–H groups in total. The largest absolute Gasteiger partial charge is 0.0882 e. The van der Waals surface area contributed by atoms with E-state index in [1.807, 2.05) is 0 Å². The Morgan fingerprint density at radius 2 is 0.632 bits per heavy atom. The molecular weight excluding hydrogens is 275 g/mol. The smallest absolute Gasteiger partial charge is 0 e. The fourth-order valence-corrected chi connectivity index (χ4v) is 2.26. The summed E-state index contributed by atoms with van der Waals surface area (Å²) in [6, 6.07) is 0. The van der Waals surface area contributed by atoms with Gasteiger partial charge in [0.2, 0.25) is 0 Å². The topological polar surface area (TPSA) is 0 Å². The van der Waals surface area contributed by atoms with Gasteiger partial charge in [-0.1, -0.05) is 58.9 Å². The van der Waals surface area contributed by atoms with Gasteiger partial charge in [0.25, 0.3) is 0 Å². The first-order chi connectivity index (χ1) is 8.55. The zero-order chi connectivity index (χ0) is 13.5. The van der Waals surface area contributed by atoms with E-state index < -0.39 is 0 Å². The molecule has 0 aromatic rings. The van der Waals surface area contributed by atoms with Crippen molar-refractivity contribution in [2.24, 2.45) is 0 Å². The summed E-state index contributed by atoms with van der Waals surface area (Å²) in [5, 5.41) is 0. The van der Waals surface area contributed by atoms with E-state index in [4.69, 9.17) is 0 Å². The third-order valence-corrected chi connectivity index (χ3v) is 4.15. The molecule has 1 fully saturated rings.